The van der Waals surface area contributed by atoms with Gasteiger partial charge >= 0.3 is 0 Å². The zero-order valence-corrected chi connectivity index (χ0v) is 11.6. The molecule has 0 N–H and O–H groups in total. The number of hydrogen-bond acceptors (Lipinski definition) is 2. The monoisotopic (exact) mass is 288 g/mol. The van der Waals surface area contributed by atoms with Gasteiger partial charge in [0.2, 0.25) is 0 Å². The molecule has 3 rings (SSSR count). The number of aromatic nitrogens is 1. The summed E-state index contributed by atoms with van der Waals surface area (Å²) in [7, 11) is 0. The van der Waals surface area contributed by atoms with Gasteiger partial charge in [0.1, 0.15) is 0 Å². The first kappa shape index (κ1) is 13.7. The number of benzene rings is 2. The normalized spacial score (nSPS) is 9.82. The van der Waals surface area contributed by atoms with Gasteiger partial charge in [-0.1, -0.05) is 24.0 Å². The van der Waals surface area contributed by atoms with E-state index in [1.165, 1.54) is 12.1 Å². The van der Waals surface area contributed by atoms with Gasteiger partial charge in [0.05, 0.1) is 10.6 Å². The quantitative estimate of drug-likeness (QED) is 0.409. The van der Waals surface area contributed by atoms with Crippen molar-refractivity contribution in [2.75, 3.05) is 0 Å². The zero-order chi connectivity index (χ0) is 15.4. The predicted molar refractivity (Wildman–Crippen MR) is 84.8 cm³/mol. The highest BCUT2D eigenvalue weighted by molar-refractivity contribution is 5.54. The Morgan fingerprint density at radius 3 is 2.23 bits per heavy atom. The van der Waals surface area contributed by atoms with E-state index in [-0.39, 0.29) is 5.69 Å². The molecule has 22 heavy (non-hydrogen) atoms. The maximum atomic E-state index is 10.6. The SMILES string of the molecule is O=[N+]([O-])c1ccc(C#Cc2ccccc2-n2cccc2)cc1. The Morgan fingerprint density at radius 1 is 0.864 bits per heavy atom. The summed E-state index contributed by atoms with van der Waals surface area (Å²) >= 11 is 0. The Balaban J connectivity index is 1.93. The summed E-state index contributed by atoms with van der Waals surface area (Å²) < 4.78 is 2.00. The smallest absolute Gasteiger partial charge is 0.269 e. The number of hydrogen-bond donors (Lipinski definition) is 0. The van der Waals surface area contributed by atoms with Crippen molar-refractivity contribution < 1.29 is 4.92 Å². The Kier molecular flexibility index (Phi) is 3.71. The van der Waals surface area contributed by atoms with Gasteiger partial charge in [-0.05, 0) is 36.4 Å². The molecule has 0 atom stereocenters. The van der Waals surface area contributed by atoms with E-state index in [2.05, 4.69) is 11.8 Å². The van der Waals surface area contributed by atoms with Crippen LogP contribution in [0.5, 0.6) is 0 Å². The van der Waals surface area contributed by atoms with Crippen molar-refractivity contribution in [3.63, 3.8) is 0 Å². The molecule has 106 valence electrons. The minimum Gasteiger partial charge on any atom is -0.323 e. The minimum absolute atomic E-state index is 0.0679. The van der Waals surface area contributed by atoms with E-state index in [1.807, 2.05) is 53.4 Å². The number of nitro groups is 1. The van der Waals surface area contributed by atoms with Crippen molar-refractivity contribution in [1.29, 1.82) is 0 Å². The molecule has 0 radical (unpaired) electrons. The molecule has 0 aliphatic heterocycles. The van der Waals surface area contributed by atoms with E-state index in [0.717, 1.165) is 16.8 Å². The summed E-state index contributed by atoms with van der Waals surface area (Å²) in [5.74, 6) is 6.17. The van der Waals surface area contributed by atoms with Gasteiger partial charge < -0.3 is 4.57 Å². The third-order valence-electron chi connectivity index (χ3n) is 3.21. The molecule has 0 bridgehead atoms. The predicted octanol–water partition coefficient (Wildman–Crippen LogP) is 3.79. The molecule has 4 nitrogen and oxygen atoms in total. The molecule has 0 aliphatic carbocycles. The van der Waals surface area contributed by atoms with E-state index >= 15 is 0 Å². The molecule has 2 aromatic carbocycles. The molecular formula is C18H12N2O2. The molecule has 0 saturated heterocycles. The standard InChI is InChI=1S/C18H12N2O2/c21-20(22)17-11-8-15(9-12-17)7-10-16-5-1-2-6-18(16)19-13-3-4-14-19/h1-6,8-9,11-14H. The maximum Gasteiger partial charge on any atom is 0.269 e. The van der Waals surface area contributed by atoms with Crippen LogP contribution in [0, 0.1) is 22.0 Å². The van der Waals surface area contributed by atoms with Gasteiger partial charge in [0.25, 0.3) is 5.69 Å². The Labute approximate surface area is 127 Å². The fraction of sp³-hybridized carbons (Fsp3) is 0. The van der Waals surface area contributed by atoms with Crippen molar-refractivity contribution in [1.82, 2.24) is 4.57 Å². The Hall–Kier alpha value is -3.32. The van der Waals surface area contributed by atoms with Crippen molar-refractivity contribution in [3.05, 3.63) is 94.3 Å². The molecule has 0 amide bonds. The lowest BCUT2D eigenvalue weighted by atomic mass is 10.1. The molecule has 0 aliphatic rings. The summed E-state index contributed by atoms with van der Waals surface area (Å²) in [6, 6.07) is 18.0. The highest BCUT2D eigenvalue weighted by atomic mass is 16.6. The number of non-ortho nitro benzene ring substituents is 1. The van der Waals surface area contributed by atoms with Crippen LogP contribution in [0.1, 0.15) is 11.1 Å². The number of nitro benzene ring substituents is 1. The molecule has 3 aromatic rings. The van der Waals surface area contributed by atoms with Crippen LogP contribution in [-0.4, -0.2) is 9.49 Å². The van der Waals surface area contributed by atoms with Crippen LogP contribution < -0.4 is 0 Å². The highest BCUT2D eigenvalue weighted by Gasteiger charge is 2.03. The van der Waals surface area contributed by atoms with Crippen LogP contribution in [0.3, 0.4) is 0 Å². The topological polar surface area (TPSA) is 48.1 Å². The second-order valence-corrected chi connectivity index (χ2v) is 4.66. The first-order valence-corrected chi connectivity index (χ1v) is 6.73. The van der Waals surface area contributed by atoms with Gasteiger partial charge in [-0.2, -0.15) is 0 Å². The van der Waals surface area contributed by atoms with Crippen LogP contribution >= 0.6 is 0 Å². The van der Waals surface area contributed by atoms with Crippen molar-refractivity contribution in [2.45, 2.75) is 0 Å². The summed E-state index contributed by atoms with van der Waals surface area (Å²) in [5, 5.41) is 10.6. The Bertz CT molecular complexity index is 854. The van der Waals surface area contributed by atoms with Crippen LogP contribution in [0.4, 0.5) is 5.69 Å². The number of para-hydroxylation sites is 1. The molecule has 0 saturated carbocycles. The summed E-state index contributed by atoms with van der Waals surface area (Å²) in [6.07, 6.45) is 3.93. The number of rotatable bonds is 2. The third kappa shape index (κ3) is 2.89. The van der Waals surface area contributed by atoms with E-state index in [0.29, 0.717) is 0 Å². The van der Waals surface area contributed by atoms with Gasteiger partial charge in [-0.25, -0.2) is 0 Å². The van der Waals surface area contributed by atoms with Crippen molar-refractivity contribution in [2.24, 2.45) is 0 Å². The average molecular weight is 288 g/mol. The fourth-order valence-electron chi connectivity index (χ4n) is 2.11. The van der Waals surface area contributed by atoms with Gasteiger partial charge in [-0.3, -0.25) is 10.1 Å². The lowest BCUT2D eigenvalue weighted by molar-refractivity contribution is -0.384. The average Bonchev–Trinajstić information content (AvgIpc) is 3.08. The number of nitrogens with zero attached hydrogens (tertiary/aromatic N) is 2. The first-order chi connectivity index (χ1) is 10.7. The minimum atomic E-state index is -0.418. The fourth-order valence-corrected chi connectivity index (χ4v) is 2.11. The van der Waals surface area contributed by atoms with Crippen molar-refractivity contribution >= 4 is 5.69 Å². The second kappa shape index (κ2) is 5.98. The molecular weight excluding hydrogens is 276 g/mol. The molecule has 4 heteroatoms. The van der Waals surface area contributed by atoms with Gasteiger partial charge in [0.15, 0.2) is 0 Å². The lowest BCUT2D eigenvalue weighted by Crippen LogP contribution is -1.93. The highest BCUT2D eigenvalue weighted by Crippen LogP contribution is 2.14. The molecule has 0 spiro atoms. The van der Waals surface area contributed by atoms with Gasteiger partial charge in [-0.15, -0.1) is 0 Å². The van der Waals surface area contributed by atoms with E-state index in [9.17, 15) is 10.1 Å². The maximum absolute atomic E-state index is 10.6. The van der Waals surface area contributed by atoms with Crippen LogP contribution in [-0.2, 0) is 0 Å². The first-order valence-electron chi connectivity index (χ1n) is 6.73. The molecule has 1 heterocycles. The van der Waals surface area contributed by atoms with Crippen LogP contribution in [0.15, 0.2) is 73.1 Å². The van der Waals surface area contributed by atoms with E-state index in [1.54, 1.807) is 12.1 Å². The van der Waals surface area contributed by atoms with Gasteiger partial charge in [0, 0.05) is 35.7 Å². The lowest BCUT2D eigenvalue weighted by Gasteiger charge is -2.05. The molecule has 1 aromatic heterocycles. The van der Waals surface area contributed by atoms with Crippen LogP contribution in [0.25, 0.3) is 5.69 Å². The largest absolute Gasteiger partial charge is 0.323 e. The summed E-state index contributed by atoms with van der Waals surface area (Å²) in [5.41, 5.74) is 2.71. The molecule has 0 fully saturated rings. The summed E-state index contributed by atoms with van der Waals surface area (Å²) in [4.78, 5) is 10.2. The second-order valence-electron chi connectivity index (χ2n) is 4.66. The third-order valence-corrected chi connectivity index (χ3v) is 3.21. The van der Waals surface area contributed by atoms with E-state index < -0.39 is 4.92 Å². The van der Waals surface area contributed by atoms with E-state index in [4.69, 9.17) is 0 Å². The Morgan fingerprint density at radius 2 is 1.55 bits per heavy atom. The summed E-state index contributed by atoms with van der Waals surface area (Å²) in [6.45, 7) is 0. The molecule has 0 unspecified atom stereocenters. The zero-order valence-electron chi connectivity index (χ0n) is 11.6. The van der Waals surface area contributed by atoms with Crippen molar-refractivity contribution in [3.8, 4) is 17.5 Å². The van der Waals surface area contributed by atoms with Crippen LogP contribution in [0.2, 0.25) is 0 Å².